The lowest BCUT2D eigenvalue weighted by Gasteiger charge is -2.27. The van der Waals surface area contributed by atoms with E-state index in [9.17, 15) is 19.1 Å². The standard InChI is InChI=1S/C19H13FN4O3/c20-14-4-2-13(3-5-14)19(17(26)22-18(27)23-19)10-24-9-12-7-11(8-21)1-6-15(12)16(24)25/h1-7,9,25H,10H2,(H2,22,23,26,27). The molecule has 2 heterocycles. The number of nitriles is 1. The average molecular weight is 364 g/mol. The topological polar surface area (TPSA) is 107 Å². The van der Waals surface area contributed by atoms with Crippen molar-refractivity contribution in [1.29, 1.82) is 5.26 Å². The highest BCUT2D eigenvalue weighted by molar-refractivity contribution is 6.07. The van der Waals surface area contributed by atoms with E-state index >= 15 is 0 Å². The largest absolute Gasteiger partial charge is 0.494 e. The molecule has 1 aliphatic rings. The number of nitrogens with zero attached hydrogens (tertiary/aromatic N) is 2. The normalized spacial score (nSPS) is 19.0. The third-order valence-electron chi connectivity index (χ3n) is 4.67. The Hall–Kier alpha value is -3.86. The van der Waals surface area contributed by atoms with Crippen molar-refractivity contribution in [3.63, 3.8) is 0 Å². The van der Waals surface area contributed by atoms with Crippen molar-refractivity contribution < 1.29 is 19.1 Å². The zero-order chi connectivity index (χ0) is 19.2. The van der Waals surface area contributed by atoms with Gasteiger partial charge < -0.3 is 15.0 Å². The number of amides is 3. The van der Waals surface area contributed by atoms with Crippen LogP contribution < -0.4 is 10.6 Å². The minimum Gasteiger partial charge on any atom is -0.494 e. The monoisotopic (exact) mass is 364 g/mol. The number of nitrogens with one attached hydrogen (secondary N) is 2. The van der Waals surface area contributed by atoms with Crippen molar-refractivity contribution in [3.05, 3.63) is 65.6 Å². The smallest absolute Gasteiger partial charge is 0.322 e. The molecular weight excluding hydrogens is 351 g/mol. The number of aromatic hydroxyl groups is 1. The number of carbonyl (C=O) groups excluding carboxylic acids is 2. The minimum atomic E-state index is -1.50. The summed E-state index contributed by atoms with van der Waals surface area (Å²) in [6.45, 7) is -0.112. The van der Waals surface area contributed by atoms with Crippen LogP contribution in [0.4, 0.5) is 9.18 Å². The van der Waals surface area contributed by atoms with E-state index < -0.39 is 23.3 Å². The summed E-state index contributed by atoms with van der Waals surface area (Å²) in [6, 6.07) is 11.4. The molecule has 4 rings (SSSR count). The van der Waals surface area contributed by atoms with Crippen LogP contribution >= 0.6 is 0 Å². The molecular formula is C19H13FN4O3. The molecule has 0 bridgehead atoms. The van der Waals surface area contributed by atoms with Crippen molar-refractivity contribution >= 4 is 22.7 Å². The zero-order valence-corrected chi connectivity index (χ0v) is 13.9. The lowest BCUT2D eigenvalue weighted by atomic mass is 9.89. The van der Waals surface area contributed by atoms with E-state index in [0.29, 0.717) is 21.9 Å². The summed E-state index contributed by atoms with van der Waals surface area (Å²) in [5, 5.41) is 25.5. The number of imide groups is 1. The van der Waals surface area contributed by atoms with Crippen LogP contribution in [0.15, 0.2) is 48.7 Å². The lowest BCUT2D eigenvalue weighted by Crippen LogP contribution is -2.47. The third-order valence-corrected chi connectivity index (χ3v) is 4.67. The molecule has 1 fully saturated rings. The van der Waals surface area contributed by atoms with Crippen molar-refractivity contribution in [3.8, 4) is 11.9 Å². The molecule has 3 amide bonds. The van der Waals surface area contributed by atoms with E-state index in [1.165, 1.54) is 28.8 Å². The summed E-state index contributed by atoms with van der Waals surface area (Å²) in [5.41, 5.74) is -0.697. The van der Waals surface area contributed by atoms with E-state index in [1.54, 1.807) is 24.4 Å². The molecule has 134 valence electrons. The number of carbonyl (C=O) groups is 2. The molecule has 0 aliphatic carbocycles. The average Bonchev–Trinajstić information content (AvgIpc) is 3.11. The van der Waals surface area contributed by atoms with Crippen LogP contribution in [-0.4, -0.2) is 21.6 Å². The molecule has 3 N–H and O–H groups in total. The Morgan fingerprint density at radius 2 is 1.93 bits per heavy atom. The molecule has 0 saturated carbocycles. The Morgan fingerprint density at radius 3 is 2.56 bits per heavy atom. The molecule has 0 radical (unpaired) electrons. The first-order chi connectivity index (χ1) is 12.9. The molecule has 8 heteroatoms. The van der Waals surface area contributed by atoms with Gasteiger partial charge in [0.05, 0.1) is 18.2 Å². The fourth-order valence-electron chi connectivity index (χ4n) is 3.33. The van der Waals surface area contributed by atoms with Gasteiger partial charge in [0.25, 0.3) is 5.91 Å². The van der Waals surface area contributed by atoms with E-state index in [4.69, 9.17) is 5.26 Å². The minimum absolute atomic E-state index is 0.107. The molecule has 1 aromatic heterocycles. The SMILES string of the molecule is N#Cc1ccc2c(O)n(CC3(c4ccc(F)cc4)NC(=O)NC3=O)cc2c1. The van der Waals surface area contributed by atoms with Gasteiger partial charge in [-0.25, -0.2) is 9.18 Å². The second-order valence-corrected chi connectivity index (χ2v) is 6.31. The maximum Gasteiger partial charge on any atom is 0.322 e. The van der Waals surface area contributed by atoms with Crippen LogP contribution in [0.5, 0.6) is 5.88 Å². The maximum absolute atomic E-state index is 13.3. The molecule has 27 heavy (non-hydrogen) atoms. The first-order valence-electron chi connectivity index (χ1n) is 8.04. The number of urea groups is 1. The number of rotatable bonds is 3. The number of benzene rings is 2. The van der Waals surface area contributed by atoms with Crippen LogP contribution in [0.1, 0.15) is 11.1 Å². The molecule has 3 aromatic rings. The third kappa shape index (κ3) is 2.57. The highest BCUT2D eigenvalue weighted by Crippen LogP contribution is 2.33. The van der Waals surface area contributed by atoms with Gasteiger partial charge in [-0.2, -0.15) is 5.26 Å². The molecule has 1 unspecified atom stereocenters. The zero-order valence-electron chi connectivity index (χ0n) is 13.9. The first kappa shape index (κ1) is 16.6. The molecule has 1 aliphatic heterocycles. The molecule has 7 nitrogen and oxygen atoms in total. The fourth-order valence-corrected chi connectivity index (χ4v) is 3.33. The Morgan fingerprint density at radius 1 is 1.19 bits per heavy atom. The highest BCUT2D eigenvalue weighted by atomic mass is 19.1. The van der Waals surface area contributed by atoms with Gasteiger partial charge in [0.1, 0.15) is 5.82 Å². The van der Waals surface area contributed by atoms with E-state index in [1.807, 2.05) is 6.07 Å². The van der Waals surface area contributed by atoms with Gasteiger partial charge in [0.2, 0.25) is 0 Å². The Balaban J connectivity index is 1.83. The van der Waals surface area contributed by atoms with E-state index in [0.717, 1.165) is 0 Å². The molecule has 2 aromatic carbocycles. The molecule has 0 spiro atoms. The predicted molar refractivity (Wildman–Crippen MR) is 93.1 cm³/mol. The van der Waals surface area contributed by atoms with Crippen LogP contribution in [0, 0.1) is 17.1 Å². The lowest BCUT2D eigenvalue weighted by molar-refractivity contribution is -0.124. The number of hydrogen-bond acceptors (Lipinski definition) is 4. The second-order valence-electron chi connectivity index (χ2n) is 6.31. The van der Waals surface area contributed by atoms with Gasteiger partial charge in [0.15, 0.2) is 11.4 Å². The summed E-state index contributed by atoms with van der Waals surface area (Å²) in [5.74, 6) is -1.18. The fraction of sp³-hybridized carbons (Fsp3) is 0.105. The quantitative estimate of drug-likeness (QED) is 0.619. The van der Waals surface area contributed by atoms with Crippen LogP contribution in [0.2, 0.25) is 0 Å². The van der Waals surface area contributed by atoms with Crippen LogP contribution in [0.3, 0.4) is 0 Å². The van der Waals surface area contributed by atoms with E-state index in [2.05, 4.69) is 10.6 Å². The van der Waals surface area contributed by atoms with Crippen LogP contribution in [0.25, 0.3) is 10.8 Å². The predicted octanol–water partition coefficient (Wildman–Crippen LogP) is 2.09. The van der Waals surface area contributed by atoms with Gasteiger partial charge in [0, 0.05) is 17.0 Å². The maximum atomic E-state index is 13.3. The Bertz CT molecular complexity index is 1130. The first-order valence-corrected chi connectivity index (χ1v) is 8.04. The molecule has 1 saturated heterocycles. The summed E-state index contributed by atoms with van der Waals surface area (Å²) in [6.07, 6.45) is 1.59. The van der Waals surface area contributed by atoms with Gasteiger partial charge in [-0.05, 0) is 35.9 Å². The van der Waals surface area contributed by atoms with Crippen LogP contribution in [-0.2, 0) is 16.9 Å². The Kier molecular flexibility index (Phi) is 3.59. The Labute approximate surface area is 152 Å². The number of fused-ring (bicyclic) bond motifs is 1. The number of hydrogen-bond donors (Lipinski definition) is 3. The van der Waals surface area contributed by atoms with Crippen molar-refractivity contribution in [1.82, 2.24) is 15.2 Å². The van der Waals surface area contributed by atoms with Gasteiger partial charge in [-0.15, -0.1) is 0 Å². The molecule has 1 atom stereocenters. The number of halogens is 1. The van der Waals surface area contributed by atoms with Gasteiger partial charge >= 0.3 is 6.03 Å². The summed E-state index contributed by atoms with van der Waals surface area (Å²) >= 11 is 0. The van der Waals surface area contributed by atoms with E-state index in [-0.39, 0.29) is 12.4 Å². The summed E-state index contributed by atoms with van der Waals surface area (Å²) in [7, 11) is 0. The van der Waals surface area contributed by atoms with Gasteiger partial charge in [-0.1, -0.05) is 12.1 Å². The van der Waals surface area contributed by atoms with Crippen molar-refractivity contribution in [2.75, 3.05) is 0 Å². The van der Waals surface area contributed by atoms with Crippen molar-refractivity contribution in [2.45, 2.75) is 12.1 Å². The van der Waals surface area contributed by atoms with Crippen molar-refractivity contribution in [2.24, 2.45) is 0 Å². The second kappa shape index (κ2) is 5.85. The number of aromatic nitrogens is 1. The summed E-state index contributed by atoms with van der Waals surface area (Å²) < 4.78 is 14.7. The van der Waals surface area contributed by atoms with Gasteiger partial charge in [-0.3, -0.25) is 10.1 Å². The highest BCUT2D eigenvalue weighted by Gasteiger charge is 2.48. The summed E-state index contributed by atoms with van der Waals surface area (Å²) in [4.78, 5) is 24.4.